The van der Waals surface area contributed by atoms with E-state index < -0.39 is 36.7 Å². The maximum Gasteiger partial charge on any atom is 0.296 e. The lowest BCUT2D eigenvalue weighted by atomic mass is 10.2. The Kier molecular flexibility index (Phi) is 2.73. The Morgan fingerprint density at radius 1 is 1.33 bits per heavy atom. The standard InChI is InChI=1S/C7H4FNO4S.ClH/c8-4-2-1-3-5-6(4)7(10)9(11)14(5,12)13;/h1-3,11H;1H. The Balaban J connectivity index is 0.00000112. The van der Waals surface area contributed by atoms with Crippen molar-refractivity contribution in [2.45, 2.75) is 4.90 Å². The fourth-order valence-corrected chi connectivity index (χ4v) is 2.41. The number of hydrogen-bond donors (Lipinski definition) is 1. The molecule has 1 aliphatic rings. The predicted octanol–water partition coefficient (Wildman–Crippen LogP) is 0.781. The van der Waals surface area contributed by atoms with Crippen LogP contribution in [0.25, 0.3) is 0 Å². The van der Waals surface area contributed by atoms with E-state index in [-0.39, 0.29) is 12.4 Å². The Hall–Kier alpha value is -1.18. The van der Waals surface area contributed by atoms with Gasteiger partial charge in [0, 0.05) is 0 Å². The number of carbonyl (C=O) groups excluding carboxylic acids is 1. The van der Waals surface area contributed by atoms with Crippen LogP contribution in [0, 0.1) is 5.82 Å². The second-order valence-electron chi connectivity index (χ2n) is 2.67. The van der Waals surface area contributed by atoms with Gasteiger partial charge in [-0.3, -0.25) is 10.0 Å². The van der Waals surface area contributed by atoms with E-state index in [0.717, 1.165) is 18.2 Å². The van der Waals surface area contributed by atoms with E-state index in [1.54, 1.807) is 0 Å². The highest BCUT2D eigenvalue weighted by atomic mass is 35.5. The molecule has 0 spiro atoms. The van der Waals surface area contributed by atoms with Crippen molar-refractivity contribution < 1.29 is 22.8 Å². The average Bonchev–Trinajstić information content (AvgIpc) is 2.30. The molecule has 1 N–H and O–H groups in total. The number of hydrogen-bond acceptors (Lipinski definition) is 4. The summed E-state index contributed by atoms with van der Waals surface area (Å²) in [7, 11) is -4.26. The van der Waals surface area contributed by atoms with Gasteiger partial charge in [0.1, 0.15) is 10.7 Å². The first-order valence-electron chi connectivity index (χ1n) is 3.53. The van der Waals surface area contributed by atoms with E-state index in [9.17, 15) is 17.6 Å². The third-order valence-corrected chi connectivity index (χ3v) is 3.39. The molecule has 1 heterocycles. The molecule has 1 aromatic rings. The summed E-state index contributed by atoms with van der Waals surface area (Å²) in [4.78, 5) is 10.6. The molecule has 8 heteroatoms. The van der Waals surface area contributed by atoms with Crippen LogP contribution in [-0.4, -0.2) is 24.0 Å². The molecule has 0 aliphatic carbocycles. The van der Waals surface area contributed by atoms with Crippen molar-refractivity contribution in [2.75, 3.05) is 0 Å². The van der Waals surface area contributed by atoms with Crippen LogP contribution in [0.5, 0.6) is 0 Å². The van der Waals surface area contributed by atoms with Crippen LogP contribution < -0.4 is 0 Å². The van der Waals surface area contributed by atoms with Crippen molar-refractivity contribution in [3.05, 3.63) is 29.6 Å². The zero-order chi connectivity index (χ0) is 10.5. The molecule has 1 aliphatic heterocycles. The maximum atomic E-state index is 13.0. The second kappa shape index (κ2) is 3.44. The highest BCUT2D eigenvalue weighted by Gasteiger charge is 2.42. The number of sulfonamides is 1. The summed E-state index contributed by atoms with van der Waals surface area (Å²) < 4.78 is 35.0. The largest absolute Gasteiger partial charge is 0.296 e. The third-order valence-electron chi connectivity index (χ3n) is 1.87. The number of amides is 1. The highest BCUT2D eigenvalue weighted by molar-refractivity contribution is 7.90. The first kappa shape index (κ1) is 11.9. The number of hydroxylamine groups is 1. The summed E-state index contributed by atoms with van der Waals surface area (Å²) >= 11 is 0. The fraction of sp³-hybridized carbons (Fsp3) is 0. The molecule has 0 saturated carbocycles. The van der Waals surface area contributed by atoms with Crippen molar-refractivity contribution in [3.8, 4) is 0 Å². The number of halogens is 2. The van der Waals surface area contributed by atoms with Crippen molar-refractivity contribution >= 4 is 28.3 Å². The molecule has 5 nitrogen and oxygen atoms in total. The minimum absolute atomic E-state index is 0. The lowest BCUT2D eigenvalue weighted by Crippen LogP contribution is -2.25. The molecule has 0 aromatic heterocycles. The summed E-state index contributed by atoms with van der Waals surface area (Å²) in [5.41, 5.74) is -0.616. The number of nitrogens with zero attached hydrogens (tertiary/aromatic N) is 1. The first-order valence-corrected chi connectivity index (χ1v) is 4.97. The van der Waals surface area contributed by atoms with E-state index in [1.165, 1.54) is 0 Å². The molecule has 0 saturated heterocycles. The van der Waals surface area contributed by atoms with Crippen molar-refractivity contribution in [3.63, 3.8) is 0 Å². The Morgan fingerprint density at radius 2 is 1.93 bits per heavy atom. The molecular weight excluding hydrogens is 249 g/mol. The molecule has 0 unspecified atom stereocenters. The van der Waals surface area contributed by atoms with Gasteiger partial charge < -0.3 is 0 Å². The summed E-state index contributed by atoms with van der Waals surface area (Å²) in [6.07, 6.45) is 0. The van der Waals surface area contributed by atoms with Gasteiger partial charge in [-0.2, -0.15) is 8.42 Å². The van der Waals surface area contributed by atoms with Crippen LogP contribution in [0.3, 0.4) is 0 Å². The molecule has 0 atom stereocenters. The van der Waals surface area contributed by atoms with Gasteiger partial charge in [0.2, 0.25) is 0 Å². The fourth-order valence-electron chi connectivity index (χ4n) is 1.22. The zero-order valence-corrected chi connectivity index (χ0v) is 8.68. The van der Waals surface area contributed by atoms with Gasteiger partial charge >= 0.3 is 0 Å². The summed E-state index contributed by atoms with van der Waals surface area (Å²) in [5.74, 6) is -2.23. The molecule has 15 heavy (non-hydrogen) atoms. The summed E-state index contributed by atoms with van der Waals surface area (Å²) in [6, 6.07) is 3.16. The number of carbonyl (C=O) groups is 1. The molecule has 0 fully saturated rings. The molecule has 82 valence electrons. The second-order valence-corrected chi connectivity index (χ2v) is 4.40. The van der Waals surface area contributed by atoms with Gasteiger partial charge in [0.15, 0.2) is 0 Å². The molecule has 0 radical (unpaired) electrons. The monoisotopic (exact) mass is 253 g/mol. The third kappa shape index (κ3) is 1.39. The van der Waals surface area contributed by atoms with Crippen LogP contribution in [-0.2, 0) is 10.0 Å². The van der Waals surface area contributed by atoms with Crippen molar-refractivity contribution in [1.82, 2.24) is 4.47 Å². The molecule has 1 amide bonds. The highest BCUT2D eigenvalue weighted by Crippen LogP contribution is 2.29. The first-order chi connectivity index (χ1) is 6.46. The quantitative estimate of drug-likeness (QED) is 0.694. The predicted molar refractivity (Wildman–Crippen MR) is 48.8 cm³/mol. The Labute approximate surface area is 90.5 Å². The average molecular weight is 254 g/mol. The van der Waals surface area contributed by atoms with Crippen LogP contribution in [0.2, 0.25) is 0 Å². The van der Waals surface area contributed by atoms with Crippen molar-refractivity contribution in [1.29, 1.82) is 0 Å². The number of fused-ring (bicyclic) bond motifs is 1. The van der Waals surface area contributed by atoms with E-state index >= 15 is 0 Å². The normalized spacial score (nSPS) is 17.2. The van der Waals surface area contributed by atoms with Crippen LogP contribution in [0.15, 0.2) is 23.1 Å². The maximum absolute atomic E-state index is 13.0. The smallest absolute Gasteiger partial charge is 0.271 e. The van der Waals surface area contributed by atoms with Gasteiger partial charge in [-0.15, -0.1) is 16.9 Å². The molecule has 0 bridgehead atoms. The molecular formula is C7H5ClFNO4S. The van der Waals surface area contributed by atoms with Gasteiger partial charge in [0.25, 0.3) is 15.9 Å². The number of benzene rings is 1. The van der Waals surface area contributed by atoms with E-state index in [4.69, 9.17) is 5.21 Å². The SMILES string of the molecule is Cl.O=C1c2c(F)cccc2S(=O)(=O)N1O. The molecule has 1 aromatic carbocycles. The van der Waals surface area contributed by atoms with Crippen LogP contribution >= 0.6 is 12.4 Å². The lowest BCUT2D eigenvalue weighted by Gasteiger charge is -2.02. The van der Waals surface area contributed by atoms with Crippen LogP contribution in [0.1, 0.15) is 10.4 Å². The summed E-state index contributed by atoms with van der Waals surface area (Å²) in [6.45, 7) is 0. The van der Waals surface area contributed by atoms with Gasteiger partial charge in [0.05, 0.1) is 5.56 Å². The number of rotatable bonds is 0. The van der Waals surface area contributed by atoms with Gasteiger partial charge in [-0.1, -0.05) is 6.07 Å². The Bertz CT molecular complexity index is 530. The van der Waals surface area contributed by atoms with Gasteiger partial charge in [-0.05, 0) is 12.1 Å². The van der Waals surface area contributed by atoms with Crippen molar-refractivity contribution in [2.24, 2.45) is 0 Å². The van der Waals surface area contributed by atoms with Crippen LogP contribution in [0.4, 0.5) is 4.39 Å². The lowest BCUT2D eigenvalue weighted by molar-refractivity contribution is 0.0108. The minimum atomic E-state index is -4.26. The van der Waals surface area contributed by atoms with E-state index in [1.807, 2.05) is 0 Å². The summed E-state index contributed by atoms with van der Waals surface area (Å²) in [5, 5.41) is 8.90. The van der Waals surface area contributed by atoms with Gasteiger partial charge in [-0.25, -0.2) is 4.39 Å². The Morgan fingerprint density at radius 3 is 2.47 bits per heavy atom. The van der Waals surface area contributed by atoms with E-state index in [0.29, 0.717) is 0 Å². The zero-order valence-electron chi connectivity index (χ0n) is 7.05. The minimum Gasteiger partial charge on any atom is -0.271 e. The van der Waals surface area contributed by atoms with E-state index in [2.05, 4.69) is 0 Å². The molecule has 2 rings (SSSR count). The topological polar surface area (TPSA) is 74.7 Å².